The van der Waals surface area contributed by atoms with E-state index in [0.29, 0.717) is 11.8 Å². The van der Waals surface area contributed by atoms with Crippen molar-refractivity contribution in [1.29, 1.82) is 0 Å². The van der Waals surface area contributed by atoms with Crippen LogP contribution in [0, 0.1) is 44.3 Å². The summed E-state index contributed by atoms with van der Waals surface area (Å²) >= 11 is 0. The van der Waals surface area contributed by atoms with Gasteiger partial charge in [0.25, 0.3) is 0 Å². The Morgan fingerprint density at radius 2 is 0.881 bits per heavy atom. The van der Waals surface area contributed by atoms with Crippen LogP contribution in [0.4, 0.5) is 0 Å². The SMILES string of the molecule is CC1(C)[C@@H]2CC[C@@]1(C)[C@H](O/C=C/C=C/O[C@@H]1C3(Cc4ccccc4C3)[C@H]3CC[C@]1(C)C3(C)C)C21Cc2ccccc2C1. The van der Waals surface area contributed by atoms with E-state index in [1.165, 1.54) is 25.7 Å². The zero-order valence-corrected chi connectivity index (χ0v) is 26.7. The highest BCUT2D eigenvalue weighted by Gasteiger charge is 2.75. The molecule has 0 saturated heterocycles. The number of rotatable bonds is 5. The van der Waals surface area contributed by atoms with Crippen molar-refractivity contribution in [2.45, 2.75) is 105 Å². The Morgan fingerprint density at radius 1 is 0.548 bits per heavy atom. The first-order chi connectivity index (χ1) is 20.0. The van der Waals surface area contributed by atoms with E-state index >= 15 is 0 Å². The highest BCUT2D eigenvalue weighted by atomic mass is 16.5. The van der Waals surface area contributed by atoms with Gasteiger partial charge in [-0.05, 0) is 108 Å². The number of benzene rings is 2. The van der Waals surface area contributed by atoms with Gasteiger partial charge in [-0.15, -0.1) is 0 Å². The molecule has 2 spiro atoms. The summed E-state index contributed by atoms with van der Waals surface area (Å²) in [7, 11) is 0. The smallest absolute Gasteiger partial charge is 0.110 e. The molecule has 4 fully saturated rings. The first-order valence-corrected chi connectivity index (χ1v) is 16.8. The van der Waals surface area contributed by atoms with Crippen molar-refractivity contribution in [3.8, 4) is 0 Å². The summed E-state index contributed by atoms with van der Waals surface area (Å²) in [4.78, 5) is 0. The van der Waals surface area contributed by atoms with Gasteiger partial charge < -0.3 is 9.47 Å². The lowest BCUT2D eigenvalue weighted by Gasteiger charge is -2.44. The molecule has 2 nitrogen and oxygen atoms in total. The first-order valence-electron chi connectivity index (χ1n) is 16.8. The van der Waals surface area contributed by atoms with E-state index in [0.717, 1.165) is 25.7 Å². The van der Waals surface area contributed by atoms with Crippen molar-refractivity contribution in [3.05, 3.63) is 95.5 Å². The second kappa shape index (κ2) is 8.58. The molecule has 6 aliphatic carbocycles. The molecule has 6 aliphatic rings. The fraction of sp³-hybridized carbons (Fsp3) is 0.600. The predicted molar refractivity (Wildman–Crippen MR) is 170 cm³/mol. The monoisotopic (exact) mass is 562 g/mol. The molecule has 42 heavy (non-hydrogen) atoms. The highest BCUT2D eigenvalue weighted by Crippen LogP contribution is 2.76. The van der Waals surface area contributed by atoms with Crippen LogP contribution < -0.4 is 0 Å². The molecule has 0 N–H and O–H groups in total. The summed E-state index contributed by atoms with van der Waals surface area (Å²) in [5.41, 5.74) is 7.53. The van der Waals surface area contributed by atoms with Gasteiger partial charge in [0.1, 0.15) is 12.2 Å². The Kier molecular flexibility index (Phi) is 5.53. The molecule has 4 bridgehead atoms. The Hall–Kier alpha value is -2.48. The van der Waals surface area contributed by atoms with Crippen LogP contribution in [-0.4, -0.2) is 12.2 Å². The van der Waals surface area contributed by atoms with E-state index in [1.54, 1.807) is 22.3 Å². The van der Waals surface area contributed by atoms with Crippen LogP contribution in [0.25, 0.3) is 0 Å². The predicted octanol–water partition coefficient (Wildman–Crippen LogP) is 9.27. The van der Waals surface area contributed by atoms with Crippen molar-refractivity contribution >= 4 is 0 Å². The van der Waals surface area contributed by atoms with E-state index in [9.17, 15) is 0 Å². The molecule has 2 aromatic carbocycles. The quantitative estimate of drug-likeness (QED) is 0.267. The molecule has 0 aliphatic heterocycles. The number of allylic oxidation sites excluding steroid dienone is 2. The van der Waals surface area contributed by atoms with Gasteiger partial charge in [0, 0.05) is 21.7 Å². The summed E-state index contributed by atoms with van der Waals surface area (Å²) in [6.45, 7) is 15.1. The fourth-order valence-electron chi connectivity index (χ4n) is 12.8. The maximum atomic E-state index is 6.87. The van der Waals surface area contributed by atoms with Gasteiger partial charge in [0.05, 0.1) is 12.5 Å². The van der Waals surface area contributed by atoms with Gasteiger partial charge in [0.2, 0.25) is 0 Å². The second-order valence-corrected chi connectivity index (χ2v) is 16.9. The molecule has 4 saturated carbocycles. The van der Waals surface area contributed by atoms with E-state index in [4.69, 9.17) is 9.47 Å². The van der Waals surface area contributed by atoms with Crippen molar-refractivity contribution in [2.75, 3.05) is 0 Å². The molecular formula is C40H50O2. The lowest BCUT2D eigenvalue weighted by atomic mass is 9.66. The van der Waals surface area contributed by atoms with Gasteiger partial charge in [-0.1, -0.05) is 90.1 Å². The van der Waals surface area contributed by atoms with Crippen LogP contribution in [-0.2, 0) is 35.2 Å². The van der Waals surface area contributed by atoms with Crippen LogP contribution in [0.2, 0.25) is 0 Å². The largest absolute Gasteiger partial charge is 0.497 e. The third-order valence-corrected chi connectivity index (χ3v) is 15.2. The molecule has 0 heterocycles. The molecule has 2 heteroatoms. The van der Waals surface area contributed by atoms with Crippen LogP contribution in [0.5, 0.6) is 0 Å². The molecular weight excluding hydrogens is 512 g/mol. The average molecular weight is 563 g/mol. The molecule has 6 atom stereocenters. The Morgan fingerprint density at radius 3 is 1.21 bits per heavy atom. The standard InChI is InChI=1S/C40H50O2/c1-35(2)31-17-19-37(35,5)33(39(31)23-27-13-7-8-14-28(27)24-39)41-21-11-12-22-42-34-38(6)20-18-32(36(38,3)4)40(34)25-29-15-9-10-16-30(29)26-40/h7-16,21-22,31-34H,17-20,23-26H2,1-6H3/b21-11+,22-12+/t31-,32-,33-,34-,37-,38-/m0/s1. The van der Waals surface area contributed by atoms with Crippen LogP contribution in [0.1, 0.15) is 89.5 Å². The molecule has 8 rings (SSSR count). The van der Waals surface area contributed by atoms with Crippen molar-refractivity contribution in [3.63, 3.8) is 0 Å². The van der Waals surface area contributed by atoms with Gasteiger partial charge in [0.15, 0.2) is 0 Å². The maximum absolute atomic E-state index is 6.87. The average Bonchev–Trinajstić information content (AvgIpc) is 3.68. The minimum absolute atomic E-state index is 0.192. The third-order valence-electron chi connectivity index (χ3n) is 15.2. The van der Waals surface area contributed by atoms with Crippen molar-refractivity contribution in [2.24, 2.45) is 44.3 Å². The fourth-order valence-corrected chi connectivity index (χ4v) is 12.8. The zero-order valence-electron chi connectivity index (χ0n) is 26.7. The van der Waals surface area contributed by atoms with Crippen molar-refractivity contribution in [1.82, 2.24) is 0 Å². The van der Waals surface area contributed by atoms with Crippen molar-refractivity contribution < 1.29 is 9.47 Å². The topological polar surface area (TPSA) is 18.5 Å². The van der Waals surface area contributed by atoms with Gasteiger partial charge in [-0.25, -0.2) is 0 Å². The summed E-state index contributed by atoms with van der Waals surface area (Å²) in [5, 5.41) is 0. The van der Waals surface area contributed by atoms with E-state index < -0.39 is 0 Å². The van der Waals surface area contributed by atoms with Gasteiger partial charge >= 0.3 is 0 Å². The summed E-state index contributed by atoms with van der Waals surface area (Å²) < 4.78 is 13.7. The molecule has 222 valence electrons. The molecule has 2 aromatic rings. The third kappa shape index (κ3) is 3.13. The molecule has 0 unspecified atom stereocenters. The number of fused-ring (bicyclic) bond motifs is 8. The number of hydrogen-bond acceptors (Lipinski definition) is 2. The lowest BCUT2D eigenvalue weighted by Crippen LogP contribution is -2.46. The second-order valence-electron chi connectivity index (χ2n) is 16.9. The van der Waals surface area contributed by atoms with Crippen LogP contribution >= 0.6 is 0 Å². The van der Waals surface area contributed by atoms with Crippen LogP contribution in [0.15, 0.2) is 73.2 Å². The minimum atomic E-state index is 0.192. The summed E-state index contributed by atoms with van der Waals surface area (Å²) in [5.74, 6) is 1.40. The Labute approximate surface area is 254 Å². The van der Waals surface area contributed by atoms with E-state index in [1.807, 2.05) is 12.5 Å². The molecule has 0 radical (unpaired) electrons. The highest BCUT2D eigenvalue weighted by molar-refractivity contribution is 5.41. The minimum Gasteiger partial charge on any atom is -0.497 e. The summed E-state index contributed by atoms with van der Waals surface area (Å²) in [6, 6.07) is 18.3. The zero-order chi connectivity index (χ0) is 29.2. The van der Waals surface area contributed by atoms with Gasteiger partial charge in [-0.2, -0.15) is 0 Å². The number of hydrogen-bond donors (Lipinski definition) is 0. The normalized spacial score (nSPS) is 38.7. The first kappa shape index (κ1) is 27.1. The van der Waals surface area contributed by atoms with E-state index in [-0.39, 0.29) is 44.7 Å². The van der Waals surface area contributed by atoms with Gasteiger partial charge in [-0.3, -0.25) is 0 Å². The van der Waals surface area contributed by atoms with Crippen LogP contribution in [0.3, 0.4) is 0 Å². The molecule has 0 aromatic heterocycles. The lowest BCUT2D eigenvalue weighted by molar-refractivity contribution is -0.0643. The summed E-state index contributed by atoms with van der Waals surface area (Å²) in [6.07, 6.45) is 18.5. The maximum Gasteiger partial charge on any atom is 0.110 e. The molecule has 0 amide bonds. The van der Waals surface area contributed by atoms with E-state index in [2.05, 4.69) is 102 Å². The Balaban J connectivity index is 1.02. The number of ether oxygens (including phenoxy) is 2. The Bertz CT molecular complexity index is 1310.